The van der Waals surface area contributed by atoms with Gasteiger partial charge in [-0.2, -0.15) is 10.2 Å². The van der Waals surface area contributed by atoms with Crippen LogP contribution in [-0.4, -0.2) is 51.7 Å². The number of rotatable bonds is 8. The van der Waals surface area contributed by atoms with Crippen molar-refractivity contribution in [3.05, 3.63) is 48.6 Å². The van der Waals surface area contributed by atoms with E-state index in [0.29, 0.717) is 0 Å². The summed E-state index contributed by atoms with van der Waals surface area (Å²) in [4.78, 5) is 47.2. The highest BCUT2D eigenvalue weighted by molar-refractivity contribution is 8.00. The van der Waals surface area contributed by atoms with Crippen molar-refractivity contribution in [2.75, 3.05) is 14.2 Å². The summed E-state index contributed by atoms with van der Waals surface area (Å²) >= 11 is 0.811. The van der Waals surface area contributed by atoms with Gasteiger partial charge >= 0.3 is 11.4 Å². The standard InChI is InChI=1S/C15H16N6O7S/c1-7(29-14-13(23)17-15(24)20-19-14)12(22)18-16-6-8-4-9(21(25)26)11(28-3)5-10(8)27-2/h4-7H,1-3H3,(H,18,22)(H2,17,20,23,24)/b16-6+. The summed E-state index contributed by atoms with van der Waals surface area (Å²) in [7, 11) is 2.65. The summed E-state index contributed by atoms with van der Waals surface area (Å²) in [6.45, 7) is 1.50. The van der Waals surface area contributed by atoms with Gasteiger partial charge in [-0.05, 0) is 6.92 Å². The van der Waals surface area contributed by atoms with Crippen molar-refractivity contribution in [2.24, 2.45) is 5.10 Å². The van der Waals surface area contributed by atoms with Crippen molar-refractivity contribution >= 4 is 29.6 Å². The second-order valence-electron chi connectivity index (χ2n) is 5.33. The molecule has 1 unspecified atom stereocenters. The van der Waals surface area contributed by atoms with Crippen LogP contribution in [-0.2, 0) is 4.79 Å². The van der Waals surface area contributed by atoms with E-state index in [-0.39, 0.29) is 27.8 Å². The third-order valence-electron chi connectivity index (χ3n) is 3.44. The Morgan fingerprint density at radius 3 is 2.62 bits per heavy atom. The van der Waals surface area contributed by atoms with Crippen LogP contribution >= 0.6 is 11.8 Å². The number of nitro groups is 1. The molecule has 0 fully saturated rings. The summed E-state index contributed by atoms with van der Waals surface area (Å²) in [6.07, 6.45) is 1.17. The van der Waals surface area contributed by atoms with E-state index in [4.69, 9.17) is 9.47 Å². The molecule has 3 N–H and O–H groups in total. The number of aromatic nitrogens is 3. The fraction of sp³-hybridized carbons (Fsp3) is 0.267. The van der Waals surface area contributed by atoms with Gasteiger partial charge in [0, 0.05) is 17.7 Å². The minimum Gasteiger partial charge on any atom is -0.496 e. The number of carbonyl (C=O) groups is 1. The molecule has 1 amide bonds. The Kier molecular flexibility index (Phi) is 7.08. The Hall–Kier alpha value is -3.68. The van der Waals surface area contributed by atoms with E-state index in [1.165, 1.54) is 39.5 Å². The van der Waals surface area contributed by atoms with Gasteiger partial charge in [-0.1, -0.05) is 11.8 Å². The number of nitrogens with one attached hydrogen (secondary N) is 3. The fourth-order valence-electron chi connectivity index (χ4n) is 2.04. The van der Waals surface area contributed by atoms with Gasteiger partial charge in [-0.15, -0.1) is 0 Å². The lowest BCUT2D eigenvalue weighted by Gasteiger charge is -2.09. The summed E-state index contributed by atoms with van der Waals surface area (Å²) in [5, 5.41) is 19.7. The van der Waals surface area contributed by atoms with Gasteiger partial charge in [0.05, 0.1) is 30.6 Å². The Morgan fingerprint density at radius 2 is 2.03 bits per heavy atom. The second kappa shape index (κ2) is 9.50. The van der Waals surface area contributed by atoms with Crippen molar-refractivity contribution in [3.8, 4) is 11.5 Å². The SMILES string of the molecule is COc1cc(OC)c([N+](=O)[O-])cc1/C=N/NC(=O)C(C)Sc1n[nH]c(=O)[nH]c1=O. The highest BCUT2D eigenvalue weighted by Gasteiger charge is 2.20. The molecule has 0 aliphatic carbocycles. The van der Waals surface area contributed by atoms with Gasteiger partial charge in [0.2, 0.25) is 5.75 Å². The maximum Gasteiger partial charge on any atom is 0.342 e. The zero-order chi connectivity index (χ0) is 21.6. The third kappa shape index (κ3) is 5.41. The highest BCUT2D eigenvalue weighted by Crippen LogP contribution is 2.33. The summed E-state index contributed by atoms with van der Waals surface area (Å²) in [5.74, 6) is -0.311. The van der Waals surface area contributed by atoms with E-state index < -0.39 is 27.3 Å². The molecule has 2 aromatic rings. The van der Waals surface area contributed by atoms with Crippen molar-refractivity contribution in [3.63, 3.8) is 0 Å². The van der Waals surface area contributed by atoms with Crippen molar-refractivity contribution in [2.45, 2.75) is 17.2 Å². The molecule has 14 heteroatoms. The first kappa shape index (κ1) is 21.6. The maximum absolute atomic E-state index is 12.1. The number of amides is 1. The number of H-pyrrole nitrogens is 2. The number of aromatic amines is 2. The number of hydrazone groups is 1. The summed E-state index contributed by atoms with van der Waals surface area (Å²) in [6, 6.07) is 2.52. The van der Waals surface area contributed by atoms with Crippen LogP contribution in [0.4, 0.5) is 5.69 Å². The van der Waals surface area contributed by atoms with E-state index in [2.05, 4.69) is 20.7 Å². The van der Waals surface area contributed by atoms with Crippen LogP contribution in [0, 0.1) is 10.1 Å². The number of carbonyl (C=O) groups excluding carboxylic acids is 1. The molecule has 1 aromatic heterocycles. The lowest BCUT2D eigenvalue weighted by Crippen LogP contribution is -2.30. The zero-order valence-corrected chi connectivity index (χ0v) is 16.2. The first-order chi connectivity index (χ1) is 13.8. The zero-order valence-electron chi connectivity index (χ0n) is 15.4. The van der Waals surface area contributed by atoms with Crippen LogP contribution in [0.5, 0.6) is 11.5 Å². The van der Waals surface area contributed by atoms with Gasteiger partial charge in [0.25, 0.3) is 11.5 Å². The lowest BCUT2D eigenvalue weighted by atomic mass is 10.1. The molecule has 0 spiro atoms. The molecule has 13 nitrogen and oxygen atoms in total. The molecule has 29 heavy (non-hydrogen) atoms. The molecule has 0 radical (unpaired) electrons. The number of methoxy groups -OCH3 is 2. The Morgan fingerprint density at radius 1 is 1.34 bits per heavy atom. The molecule has 0 saturated carbocycles. The maximum atomic E-state index is 12.1. The van der Waals surface area contributed by atoms with Gasteiger partial charge in [0.1, 0.15) is 5.75 Å². The molecule has 1 heterocycles. The predicted molar refractivity (Wildman–Crippen MR) is 103 cm³/mol. The van der Waals surface area contributed by atoms with E-state index in [9.17, 15) is 24.5 Å². The monoisotopic (exact) mass is 424 g/mol. The van der Waals surface area contributed by atoms with Gasteiger partial charge < -0.3 is 9.47 Å². The van der Waals surface area contributed by atoms with Gasteiger partial charge in [-0.25, -0.2) is 15.3 Å². The molecular weight excluding hydrogens is 408 g/mol. The minimum absolute atomic E-state index is 0.0108. The summed E-state index contributed by atoms with van der Waals surface area (Å²) in [5.41, 5.74) is 0.704. The molecule has 2 rings (SSSR count). The number of hydrogen-bond donors (Lipinski definition) is 3. The molecule has 0 aliphatic heterocycles. The van der Waals surface area contributed by atoms with Gasteiger partial charge in [0.15, 0.2) is 5.03 Å². The third-order valence-corrected chi connectivity index (χ3v) is 4.51. The van der Waals surface area contributed by atoms with Crippen LogP contribution in [0.25, 0.3) is 0 Å². The van der Waals surface area contributed by atoms with E-state index in [1.807, 2.05) is 4.98 Å². The lowest BCUT2D eigenvalue weighted by molar-refractivity contribution is -0.385. The normalized spacial score (nSPS) is 11.8. The first-order valence-corrected chi connectivity index (χ1v) is 8.73. The van der Waals surface area contributed by atoms with Crippen LogP contribution in [0.15, 0.2) is 31.8 Å². The Labute approximate surface area is 166 Å². The average molecular weight is 424 g/mol. The van der Waals surface area contributed by atoms with E-state index in [1.54, 1.807) is 0 Å². The van der Waals surface area contributed by atoms with E-state index >= 15 is 0 Å². The number of nitro benzene ring substituents is 1. The number of benzene rings is 1. The first-order valence-electron chi connectivity index (χ1n) is 7.85. The number of nitrogens with zero attached hydrogens (tertiary/aromatic N) is 3. The predicted octanol–water partition coefficient (Wildman–Crippen LogP) is 0.0145. The van der Waals surface area contributed by atoms with E-state index in [0.717, 1.165) is 11.8 Å². The Bertz CT molecular complexity index is 1060. The van der Waals surface area contributed by atoms with Crippen LogP contribution < -0.4 is 26.1 Å². The van der Waals surface area contributed by atoms with Crippen LogP contribution in [0.1, 0.15) is 12.5 Å². The highest BCUT2D eigenvalue weighted by atomic mass is 32.2. The molecule has 0 aliphatic rings. The van der Waals surface area contributed by atoms with Crippen LogP contribution in [0.3, 0.4) is 0 Å². The second-order valence-corrected chi connectivity index (χ2v) is 6.66. The number of hydrogen-bond acceptors (Lipinski definition) is 10. The number of thioether (sulfide) groups is 1. The summed E-state index contributed by atoms with van der Waals surface area (Å²) < 4.78 is 10.1. The smallest absolute Gasteiger partial charge is 0.342 e. The van der Waals surface area contributed by atoms with Crippen molar-refractivity contribution in [1.82, 2.24) is 20.6 Å². The largest absolute Gasteiger partial charge is 0.496 e. The fourth-order valence-corrected chi connectivity index (χ4v) is 2.79. The van der Waals surface area contributed by atoms with Crippen LogP contribution in [0.2, 0.25) is 0 Å². The molecule has 154 valence electrons. The minimum atomic E-state index is -0.779. The molecule has 0 bridgehead atoms. The average Bonchev–Trinajstić information content (AvgIpc) is 2.69. The molecule has 1 atom stereocenters. The van der Waals surface area contributed by atoms with Gasteiger partial charge in [-0.3, -0.25) is 24.7 Å². The molecule has 1 aromatic carbocycles. The molecule has 0 saturated heterocycles. The molecular formula is C15H16N6O7S. The number of ether oxygens (including phenoxy) is 2. The topological polar surface area (TPSA) is 182 Å². The van der Waals surface area contributed by atoms with Crippen molar-refractivity contribution in [1.29, 1.82) is 0 Å². The quantitative estimate of drug-likeness (QED) is 0.227. The van der Waals surface area contributed by atoms with Crippen molar-refractivity contribution < 1.29 is 19.2 Å². The Balaban J connectivity index is 2.12.